The quantitative estimate of drug-likeness (QED) is 0.419. The zero-order valence-electron chi connectivity index (χ0n) is 19.8. The van der Waals surface area contributed by atoms with Crippen LogP contribution in [0.4, 0.5) is 0 Å². The molecule has 3 nitrogen and oxygen atoms in total. The molecule has 0 fully saturated rings. The largest absolute Gasteiger partial charge is 0.320 e. The average Bonchev–Trinajstić information content (AvgIpc) is 2.42. The molecular weight excluding hydrogens is 338 g/mol. The third kappa shape index (κ3) is 4.42. The van der Waals surface area contributed by atoms with Gasteiger partial charge in [0.15, 0.2) is 0 Å². The highest BCUT2D eigenvalue weighted by atomic mass is 28.4. The minimum absolute atomic E-state index is 0.712. The van der Waals surface area contributed by atoms with Gasteiger partial charge in [-0.1, -0.05) is 68.7 Å². The lowest BCUT2D eigenvalue weighted by Crippen LogP contribution is -2.80. The summed E-state index contributed by atoms with van der Waals surface area (Å²) in [6.45, 7) is 23.5. The summed E-state index contributed by atoms with van der Waals surface area (Å²) in [5, 5.41) is 0. The van der Waals surface area contributed by atoms with E-state index in [-0.39, 0.29) is 0 Å². The van der Waals surface area contributed by atoms with E-state index in [4.69, 9.17) is 0 Å². The molecule has 0 spiro atoms. The Labute approximate surface area is 162 Å². The first-order chi connectivity index (χ1) is 11.4. The van der Waals surface area contributed by atoms with E-state index < -0.39 is 16.8 Å². The predicted octanol–water partition coefficient (Wildman–Crippen LogP) is 5.74. The maximum Gasteiger partial charge on any atom is 0.205 e. The molecule has 0 saturated heterocycles. The van der Waals surface area contributed by atoms with Gasteiger partial charge in [-0.3, -0.25) is 0 Å². The van der Waals surface area contributed by atoms with Gasteiger partial charge >= 0.3 is 0 Å². The number of unbranched alkanes of at least 4 members (excludes halogenated alkanes) is 1. The molecule has 5 heteroatoms. The van der Waals surface area contributed by atoms with Gasteiger partial charge in [0.1, 0.15) is 0 Å². The van der Waals surface area contributed by atoms with Crippen LogP contribution in [0, 0.1) is 0 Å². The maximum atomic E-state index is 3.16. The lowest BCUT2D eigenvalue weighted by molar-refractivity contribution is 0.382. The van der Waals surface area contributed by atoms with E-state index in [0.29, 0.717) is 22.2 Å². The smallest absolute Gasteiger partial charge is 0.205 e. The highest BCUT2D eigenvalue weighted by Gasteiger charge is 2.59. The second-order valence-electron chi connectivity index (χ2n) is 9.48. The third-order valence-corrected chi connectivity index (χ3v) is 20.4. The monoisotopic (exact) mass is 387 g/mol. The van der Waals surface area contributed by atoms with Crippen molar-refractivity contribution in [2.45, 2.75) is 97.3 Å². The lowest BCUT2D eigenvalue weighted by atomic mass is 10.3. The van der Waals surface area contributed by atoms with Crippen molar-refractivity contribution in [3.63, 3.8) is 0 Å². The first-order valence-electron chi connectivity index (χ1n) is 10.5. The summed E-state index contributed by atoms with van der Waals surface area (Å²) in [7, 11) is 5.78. The summed E-state index contributed by atoms with van der Waals surface area (Å²) in [5.41, 5.74) is 2.85. The van der Waals surface area contributed by atoms with Crippen LogP contribution in [0.3, 0.4) is 0 Å². The molecule has 0 radical (unpaired) electrons. The predicted molar refractivity (Wildman–Crippen MR) is 121 cm³/mol. The summed E-state index contributed by atoms with van der Waals surface area (Å²) in [4.78, 5) is 0. The summed E-state index contributed by atoms with van der Waals surface area (Å²) >= 11 is 0. The Kier molecular flexibility index (Phi) is 10.1. The fraction of sp³-hybridized carbons (Fsp3) is 1.00. The number of hydrogen-bond acceptors (Lipinski definition) is 3. The van der Waals surface area contributed by atoms with Crippen LogP contribution in [0.5, 0.6) is 0 Å². The van der Waals surface area contributed by atoms with E-state index in [1.807, 2.05) is 0 Å². The second kappa shape index (κ2) is 10.0. The molecule has 0 heterocycles. The Bertz CT molecular complexity index is 304. The number of hydrogen-bond donors (Lipinski definition) is 0. The number of nitrogens with zero attached hydrogens (tertiary/aromatic N) is 3. The first-order valence-corrected chi connectivity index (χ1v) is 14.6. The van der Waals surface area contributed by atoms with Crippen LogP contribution >= 0.6 is 0 Å². The zero-order valence-corrected chi connectivity index (χ0v) is 21.8. The van der Waals surface area contributed by atoms with Gasteiger partial charge < -0.3 is 13.4 Å². The van der Waals surface area contributed by atoms with E-state index in [1.165, 1.54) is 19.4 Å². The lowest BCUT2D eigenvalue weighted by Gasteiger charge is -2.63. The van der Waals surface area contributed by atoms with Gasteiger partial charge in [0.05, 0.1) is 0 Å². The van der Waals surface area contributed by atoms with Crippen LogP contribution in [0.2, 0.25) is 22.2 Å². The van der Waals surface area contributed by atoms with Gasteiger partial charge in [-0.2, -0.15) is 0 Å². The maximum absolute atomic E-state index is 3.16. The van der Waals surface area contributed by atoms with E-state index in [9.17, 15) is 0 Å². The van der Waals surface area contributed by atoms with E-state index in [2.05, 4.69) is 104 Å². The molecule has 0 atom stereocenters. The molecule has 0 aliphatic rings. The molecule has 0 bridgehead atoms. The van der Waals surface area contributed by atoms with Crippen LogP contribution in [-0.4, -0.2) is 64.9 Å². The average molecular weight is 388 g/mol. The van der Waals surface area contributed by atoms with Crippen LogP contribution in [0.25, 0.3) is 0 Å². The van der Waals surface area contributed by atoms with Crippen molar-refractivity contribution in [2.24, 2.45) is 0 Å². The normalized spacial score (nSPS) is 14.4. The molecule has 0 amide bonds. The highest BCUT2D eigenvalue weighted by Crippen LogP contribution is 2.46. The molecule has 0 saturated carbocycles. The molecule has 152 valence electrons. The molecule has 0 N–H and O–H groups in total. The van der Waals surface area contributed by atoms with Gasteiger partial charge in [0.25, 0.3) is 0 Å². The van der Waals surface area contributed by atoms with Crippen LogP contribution in [-0.2, 0) is 0 Å². The van der Waals surface area contributed by atoms with Crippen molar-refractivity contribution in [2.75, 3.05) is 34.7 Å². The third-order valence-electron chi connectivity index (χ3n) is 6.43. The highest BCUT2D eigenvalue weighted by molar-refractivity contribution is 6.92. The van der Waals surface area contributed by atoms with Crippen molar-refractivity contribution >= 4 is 16.8 Å². The summed E-state index contributed by atoms with van der Waals surface area (Å²) in [6, 6.07) is 0. The fourth-order valence-electron chi connectivity index (χ4n) is 6.09. The van der Waals surface area contributed by atoms with Crippen molar-refractivity contribution in [3.05, 3.63) is 0 Å². The Hall–Kier alpha value is 0.314. The van der Waals surface area contributed by atoms with Crippen LogP contribution < -0.4 is 0 Å². The van der Waals surface area contributed by atoms with Gasteiger partial charge in [-0.05, 0) is 63.3 Å². The van der Waals surface area contributed by atoms with Crippen LogP contribution in [0.15, 0.2) is 0 Å². The van der Waals surface area contributed by atoms with Gasteiger partial charge in [-0.15, -0.1) is 0 Å². The van der Waals surface area contributed by atoms with Crippen molar-refractivity contribution in [3.8, 4) is 0 Å². The van der Waals surface area contributed by atoms with Crippen molar-refractivity contribution in [1.82, 2.24) is 13.4 Å². The van der Waals surface area contributed by atoms with E-state index >= 15 is 0 Å². The second-order valence-corrected chi connectivity index (χ2v) is 20.5. The summed E-state index contributed by atoms with van der Waals surface area (Å²) in [6.07, 6.45) is 2.59. The standard InChI is InChI=1S/C20H49N3Si2/c1-14-15-16-23(24(17(2)3,18(4)5)21(10)11)25(19(6)7,20(8)9)22(12)13/h17-20H,14-16H2,1-13H3. The van der Waals surface area contributed by atoms with Crippen molar-refractivity contribution in [1.29, 1.82) is 0 Å². The zero-order chi connectivity index (χ0) is 20.2. The molecule has 0 rings (SSSR count). The van der Waals surface area contributed by atoms with E-state index in [1.54, 1.807) is 0 Å². The summed E-state index contributed by atoms with van der Waals surface area (Å²) < 4.78 is 8.51. The molecule has 0 aromatic carbocycles. The Morgan fingerprint density at radius 3 is 1.04 bits per heavy atom. The van der Waals surface area contributed by atoms with E-state index in [0.717, 1.165) is 0 Å². The van der Waals surface area contributed by atoms with Crippen LogP contribution in [0.1, 0.15) is 75.2 Å². The molecule has 0 aromatic rings. The minimum Gasteiger partial charge on any atom is -0.320 e. The Morgan fingerprint density at radius 1 is 0.600 bits per heavy atom. The van der Waals surface area contributed by atoms with Gasteiger partial charge in [-0.25, -0.2) is 0 Å². The molecule has 0 aliphatic heterocycles. The van der Waals surface area contributed by atoms with Gasteiger partial charge in [0.2, 0.25) is 16.8 Å². The molecule has 0 unspecified atom stereocenters. The first kappa shape index (κ1) is 25.3. The van der Waals surface area contributed by atoms with Gasteiger partial charge in [0, 0.05) is 0 Å². The molecule has 0 aromatic heterocycles. The number of rotatable bonds is 11. The Balaban J connectivity index is 6.80. The SMILES string of the molecule is CCCCN([Si](C(C)C)(C(C)C)N(C)C)[Si](C(C)C)(C(C)C)N(C)C. The topological polar surface area (TPSA) is 9.72 Å². The molecular formula is C20H49N3Si2. The Morgan fingerprint density at radius 2 is 0.880 bits per heavy atom. The summed E-state index contributed by atoms with van der Waals surface area (Å²) in [5.74, 6) is 0. The fourth-order valence-corrected chi connectivity index (χ4v) is 24.0. The van der Waals surface area contributed by atoms with Crippen molar-refractivity contribution < 1.29 is 0 Å². The minimum atomic E-state index is -1.83. The molecule has 0 aliphatic carbocycles. The molecule has 25 heavy (non-hydrogen) atoms.